The van der Waals surface area contributed by atoms with Gasteiger partial charge in [-0.3, -0.25) is 4.79 Å². The van der Waals surface area contributed by atoms with Crippen LogP contribution < -0.4 is 0 Å². The first kappa shape index (κ1) is 17.5. The van der Waals surface area contributed by atoms with Crippen molar-refractivity contribution in [2.24, 2.45) is 7.05 Å². The lowest BCUT2D eigenvalue weighted by molar-refractivity contribution is -0.147. The van der Waals surface area contributed by atoms with Crippen LogP contribution in [-0.4, -0.2) is 26.3 Å². The molecule has 0 aliphatic rings. The smallest absolute Gasteiger partial charge is 0.302 e. The molecule has 0 unspecified atom stereocenters. The molecule has 0 spiro atoms. The topological polar surface area (TPSA) is 47.8 Å². The fourth-order valence-electron chi connectivity index (χ4n) is 2.16. The quantitative estimate of drug-likeness (QED) is 0.627. The van der Waals surface area contributed by atoms with E-state index in [-0.39, 0.29) is 16.7 Å². The lowest BCUT2D eigenvalue weighted by Crippen LogP contribution is -2.13. The van der Waals surface area contributed by atoms with Crippen molar-refractivity contribution < 1.29 is 18.0 Å². The molecule has 8 heteroatoms. The molecule has 0 amide bonds. The van der Waals surface area contributed by atoms with E-state index in [0.717, 1.165) is 33.0 Å². The van der Waals surface area contributed by atoms with Gasteiger partial charge in [-0.15, -0.1) is 10.2 Å². The van der Waals surface area contributed by atoms with Crippen molar-refractivity contribution in [2.75, 3.05) is 5.75 Å². The molecule has 2 rings (SSSR count). The molecule has 124 valence electrons. The summed E-state index contributed by atoms with van der Waals surface area (Å²) in [5.74, 6) is -1.21. The van der Waals surface area contributed by atoms with Gasteiger partial charge in [0.05, 0.1) is 5.75 Å². The largest absolute Gasteiger partial charge is 0.451 e. The Morgan fingerprint density at radius 1 is 1.13 bits per heavy atom. The Labute approximate surface area is 136 Å². The van der Waals surface area contributed by atoms with Gasteiger partial charge in [0.1, 0.15) is 0 Å². The summed E-state index contributed by atoms with van der Waals surface area (Å²) in [5, 5.41) is 6.70. The number of nitrogens with zero attached hydrogens (tertiary/aromatic N) is 3. The summed E-state index contributed by atoms with van der Waals surface area (Å²) in [6, 6.07) is 3.74. The summed E-state index contributed by atoms with van der Waals surface area (Å²) < 4.78 is 38.8. The predicted octanol–water partition coefficient (Wildman–Crippen LogP) is 3.73. The lowest BCUT2D eigenvalue weighted by Gasteiger charge is -2.09. The van der Waals surface area contributed by atoms with E-state index in [1.54, 1.807) is 0 Å². The first-order valence-electron chi connectivity index (χ1n) is 6.81. The molecule has 0 aliphatic heterocycles. The zero-order valence-corrected chi connectivity index (χ0v) is 14.0. The number of aromatic nitrogens is 3. The van der Waals surface area contributed by atoms with Crippen LogP contribution in [0.4, 0.5) is 13.2 Å². The fraction of sp³-hybridized carbons (Fsp3) is 0.400. The average Bonchev–Trinajstić information content (AvgIpc) is 2.81. The maximum atomic E-state index is 12.7. The first-order chi connectivity index (χ1) is 10.6. The van der Waals surface area contributed by atoms with E-state index in [0.29, 0.717) is 5.56 Å². The van der Waals surface area contributed by atoms with E-state index >= 15 is 0 Å². The number of carbonyl (C=O) groups excluding carboxylic acids is 1. The molecular weight excluding hydrogens is 327 g/mol. The zero-order valence-electron chi connectivity index (χ0n) is 13.2. The fourth-order valence-corrected chi connectivity index (χ4v) is 2.95. The first-order valence-corrected chi connectivity index (χ1v) is 7.80. The number of alkyl halides is 3. The summed E-state index contributed by atoms with van der Waals surface area (Å²) >= 11 is 0.945. The maximum Gasteiger partial charge on any atom is 0.451 e. The minimum Gasteiger partial charge on any atom is -0.302 e. The summed E-state index contributed by atoms with van der Waals surface area (Å²) in [4.78, 5) is 12.3. The average molecular weight is 343 g/mol. The standard InChI is InChI=1S/C15H16F3N3OS/c1-8-5-10(3)11(6-9(8)2)12(22)7-23-14-20-19-13(21(14)4)15(16,17)18/h5-6H,7H2,1-4H3. The monoisotopic (exact) mass is 343 g/mol. The molecular formula is C15H16F3N3OS. The Bertz CT molecular complexity index is 753. The number of Topliss-reactive ketones (excluding diaryl/α,β-unsaturated/α-hetero) is 1. The molecule has 0 N–H and O–H groups in total. The Hall–Kier alpha value is -1.83. The van der Waals surface area contributed by atoms with Gasteiger partial charge in [0.2, 0.25) is 5.82 Å². The zero-order chi connectivity index (χ0) is 17.4. The maximum absolute atomic E-state index is 12.7. The molecule has 0 aliphatic carbocycles. The molecule has 0 saturated heterocycles. The second-order valence-electron chi connectivity index (χ2n) is 5.33. The highest BCUT2D eigenvalue weighted by Crippen LogP contribution is 2.29. The Morgan fingerprint density at radius 2 is 1.74 bits per heavy atom. The molecule has 2 aromatic rings. The second-order valence-corrected chi connectivity index (χ2v) is 6.27. The molecule has 0 fully saturated rings. The molecule has 1 aromatic carbocycles. The highest BCUT2D eigenvalue weighted by molar-refractivity contribution is 7.99. The summed E-state index contributed by atoms with van der Waals surface area (Å²) in [6.45, 7) is 5.72. The molecule has 0 radical (unpaired) electrons. The van der Waals surface area contributed by atoms with Crippen LogP contribution in [0.2, 0.25) is 0 Å². The van der Waals surface area contributed by atoms with Crippen molar-refractivity contribution in [3.63, 3.8) is 0 Å². The molecule has 1 aromatic heterocycles. The van der Waals surface area contributed by atoms with E-state index in [1.165, 1.54) is 7.05 Å². The predicted molar refractivity (Wildman–Crippen MR) is 81.7 cm³/mol. The minimum atomic E-state index is -4.56. The van der Waals surface area contributed by atoms with Crippen molar-refractivity contribution >= 4 is 17.5 Å². The number of rotatable bonds is 4. The van der Waals surface area contributed by atoms with Gasteiger partial charge in [0.25, 0.3) is 0 Å². The van der Waals surface area contributed by atoms with Crippen LogP contribution in [-0.2, 0) is 13.2 Å². The van der Waals surface area contributed by atoms with Gasteiger partial charge >= 0.3 is 6.18 Å². The van der Waals surface area contributed by atoms with Gasteiger partial charge < -0.3 is 4.57 Å². The van der Waals surface area contributed by atoms with Crippen molar-refractivity contribution in [3.8, 4) is 0 Å². The molecule has 4 nitrogen and oxygen atoms in total. The van der Waals surface area contributed by atoms with Gasteiger partial charge in [-0.25, -0.2) is 0 Å². The minimum absolute atomic E-state index is 0.00711. The Morgan fingerprint density at radius 3 is 2.30 bits per heavy atom. The summed E-state index contributed by atoms with van der Waals surface area (Å²) in [6.07, 6.45) is -4.56. The van der Waals surface area contributed by atoms with Gasteiger partial charge in [-0.1, -0.05) is 17.8 Å². The van der Waals surface area contributed by atoms with Crippen LogP contribution in [0.15, 0.2) is 17.3 Å². The van der Waals surface area contributed by atoms with Gasteiger partial charge in [-0.05, 0) is 43.5 Å². The van der Waals surface area contributed by atoms with Crippen molar-refractivity contribution in [1.82, 2.24) is 14.8 Å². The lowest BCUT2D eigenvalue weighted by atomic mass is 9.99. The van der Waals surface area contributed by atoms with E-state index < -0.39 is 12.0 Å². The third-order valence-corrected chi connectivity index (χ3v) is 4.58. The van der Waals surface area contributed by atoms with Gasteiger partial charge in [0, 0.05) is 12.6 Å². The third kappa shape index (κ3) is 3.74. The third-order valence-electron chi connectivity index (χ3n) is 3.56. The number of ketones is 1. The number of aryl methyl sites for hydroxylation is 3. The molecule has 0 atom stereocenters. The van der Waals surface area contributed by atoms with Crippen LogP contribution in [0.25, 0.3) is 0 Å². The number of carbonyl (C=O) groups is 1. The highest BCUT2D eigenvalue weighted by Gasteiger charge is 2.37. The van der Waals surface area contributed by atoms with E-state index in [2.05, 4.69) is 10.2 Å². The van der Waals surface area contributed by atoms with Crippen LogP contribution in [0.1, 0.15) is 32.9 Å². The van der Waals surface area contributed by atoms with Gasteiger partial charge in [-0.2, -0.15) is 13.2 Å². The van der Waals surface area contributed by atoms with Crippen LogP contribution in [0.5, 0.6) is 0 Å². The molecule has 1 heterocycles. The van der Waals surface area contributed by atoms with Crippen LogP contribution >= 0.6 is 11.8 Å². The SMILES string of the molecule is Cc1cc(C)c(C(=O)CSc2nnc(C(F)(F)F)n2C)cc1C. The summed E-state index contributed by atoms with van der Waals surface area (Å²) in [7, 11) is 1.23. The number of thioether (sulfide) groups is 1. The van der Waals surface area contributed by atoms with E-state index in [1.807, 2.05) is 32.9 Å². The van der Waals surface area contributed by atoms with E-state index in [4.69, 9.17) is 0 Å². The number of hydrogen-bond acceptors (Lipinski definition) is 4. The molecule has 23 heavy (non-hydrogen) atoms. The number of hydrogen-bond donors (Lipinski definition) is 0. The summed E-state index contributed by atoms with van der Waals surface area (Å²) in [5.41, 5.74) is 3.53. The molecule has 0 saturated carbocycles. The van der Waals surface area contributed by atoms with Gasteiger partial charge in [0.15, 0.2) is 10.9 Å². The number of halogens is 3. The van der Waals surface area contributed by atoms with Crippen molar-refractivity contribution in [2.45, 2.75) is 32.1 Å². The van der Waals surface area contributed by atoms with Crippen LogP contribution in [0, 0.1) is 20.8 Å². The highest BCUT2D eigenvalue weighted by atomic mass is 32.2. The Kier molecular flexibility index (Phi) is 4.84. The Balaban J connectivity index is 2.14. The number of benzene rings is 1. The second kappa shape index (κ2) is 6.35. The molecule has 0 bridgehead atoms. The van der Waals surface area contributed by atoms with Crippen molar-refractivity contribution in [3.05, 3.63) is 40.2 Å². The van der Waals surface area contributed by atoms with Crippen molar-refractivity contribution in [1.29, 1.82) is 0 Å². The van der Waals surface area contributed by atoms with E-state index in [9.17, 15) is 18.0 Å². The normalized spacial score (nSPS) is 11.8. The van der Waals surface area contributed by atoms with Crippen LogP contribution in [0.3, 0.4) is 0 Å².